The Labute approximate surface area is 213 Å². The van der Waals surface area contributed by atoms with Crippen molar-refractivity contribution in [2.45, 2.75) is 50.3 Å². The van der Waals surface area contributed by atoms with Crippen molar-refractivity contribution in [1.82, 2.24) is 0 Å². The molecule has 9 heteroatoms. The molecule has 0 aromatic heterocycles. The van der Waals surface area contributed by atoms with Crippen LogP contribution in [0.2, 0.25) is 0 Å². The molecule has 190 valence electrons. The van der Waals surface area contributed by atoms with Crippen LogP contribution in [0.5, 0.6) is 0 Å². The van der Waals surface area contributed by atoms with Crippen LogP contribution in [-0.2, 0) is 26.6 Å². The van der Waals surface area contributed by atoms with Gasteiger partial charge in [0.2, 0.25) is 10.0 Å². The minimum atomic E-state index is -4.47. The SMILES string of the molecule is C#C.CC1=C=C(N=C2Cc3cc(S(=O)(=O)O)cc4cc(S(N)(=O)=O)cc2c34)C=CC=C1.CCC(C)C. The molecule has 2 aromatic carbocycles. The van der Waals surface area contributed by atoms with Crippen LogP contribution in [0.15, 0.2) is 80.4 Å². The molecule has 0 saturated heterocycles. The van der Waals surface area contributed by atoms with Gasteiger partial charge in [-0.2, -0.15) is 8.42 Å². The number of allylic oxidation sites excluding steroid dienone is 4. The fraction of sp³-hybridized carbons (Fsp3) is 0.259. The summed E-state index contributed by atoms with van der Waals surface area (Å²) in [5.41, 5.74) is 6.31. The molecule has 36 heavy (non-hydrogen) atoms. The lowest BCUT2D eigenvalue weighted by Gasteiger charge is -2.07. The standard InChI is InChI=1S/C20H16N2O5S2.C5H12.C2H2/c1-12-4-2-3-5-15(6-12)22-19-10-14-9-17(29(25,26)27)8-13-7-16(28(21,23)24)11-18(19)20(13)14;1-4-5(2)3;1-2/h2-5,7-9,11H,10H2,1H3,(H2,21,23,24)(H,25,26,27);5H,4H2,1-3H3;1-2H. The number of primary sulfonamides is 1. The zero-order valence-corrected chi connectivity index (χ0v) is 22.3. The summed E-state index contributed by atoms with van der Waals surface area (Å²) in [6.45, 7) is 8.52. The molecule has 0 heterocycles. The van der Waals surface area contributed by atoms with E-state index in [1.54, 1.807) is 6.08 Å². The van der Waals surface area contributed by atoms with Gasteiger partial charge in [0.25, 0.3) is 10.1 Å². The van der Waals surface area contributed by atoms with Gasteiger partial charge in [0.15, 0.2) is 0 Å². The van der Waals surface area contributed by atoms with Gasteiger partial charge in [0.1, 0.15) is 5.70 Å². The summed E-state index contributed by atoms with van der Waals surface area (Å²) in [6.07, 6.45) is 16.9. The third-order valence-corrected chi connectivity index (χ3v) is 7.21. The molecule has 4 rings (SSSR count). The second kappa shape index (κ2) is 11.7. The van der Waals surface area contributed by atoms with Crippen LogP contribution in [0, 0.1) is 18.8 Å². The zero-order chi connectivity index (χ0) is 27.3. The van der Waals surface area contributed by atoms with Crippen molar-refractivity contribution < 1.29 is 21.4 Å². The molecule has 2 aromatic rings. The number of nitrogens with two attached hydrogens (primary N) is 1. The number of hydrogen-bond acceptors (Lipinski definition) is 5. The molecule has 0 spiro atoms. The van der Waals surface area contributed by atoms with E-state index in [1.807, 2.05) is 25.2 Å². The van der Waals surface area contributed by atoms with Crippen LogP contribution in [0.25, 0.3) is 10.8 Å². The molecule has 0 aliphatic heterocycles. The Balaban J connectivity index is 0.000000583. The van der Waals surface area contributed by atoms with Crippen LogP contribution < -0.4 is 5.14 Å². The second-order valence-electron chi connectivity index (χ2n) is 8.62. The molecular weight excluding hydrogens is 496 g/mol. The van der Waals surface area contributed by atoms with E-state index in [0.717, 1.165) is 11.5 Å². The Morgan fingerprint density at radius 2 is 1.64 bits per heavy atom. The van der Waals surface area contributed by atoms with Gasteiger partial charge in [0.05, 0.1) is 15.5 Å². The summed E-state index contributed by atoms with van der Waals surface area (Å²) in [7, 11) is -8.51. The minimum Gasteiger partial charge on any atom is -0.282 e. The largest absolute Gasteiger partial charge is 0.294 e. The van der Waals surface area contributed by atoms with E-state index < -0.39 is 20.1 Å². The Hall–Kier alpha value is -3.25. The van der Waals surface area contributed by atoms with Crippen molar-refractivity contribution >= 4 is 36.6 Å². The van der Waals surface area contributed by atoms with E-state index in [2.05, 4.69) is 44.3 Å². The lowest BCUT2D eigenvalue weighted by Crippen LogP contribution is -2.13. The molecule has 7 nitrogen and oxygen atoms in total. The summed E-state index contributed by atoms with van der Waals surface area (Å²) in [5, 5.41) is 6.33. The smallest absolute Gasteiger partial charge is 0.282 e. The van der Waals surface area contributed by atoms with E-state index in [0.29, 0.717) is 33.3 Å². The number of aliphatic imine (C=N–C) groups is 1. The van der Waals surface area contributed by atoms with Gasteiger partial charge in [-0.05, 0) is 65.1 Å². The van der Waals surface area contributed by atoms with Crippen LogP contribution >= 0.6 is 0 Å². The maximum atomic E-state index is 12.0. The van der Waals surface area contributed by atoms with Crippen molar-refractivity contribution in [2.75, 3.05) is 0 Å². The fourth-order valence-electron chi connectivity index (χ4n) is 3.45. The summed E-state index contributed by atoms with van der Waals surface area (Å²) in [5.74, 6) is 0.884. The van der Waals surface area contributed by atoms with Crippen molar-refractivity contribution in [2.24, 2.45) is 16.0 Å². The molecule has 0 saturated carbocycles. The predicted octanol–water partition coefficient (Wildman–Crippen LogP) is 4.94. The summed E-state index contributed by atoms with van der Waals surface area (Å²) >= 11 is 0. The first-order valence-electron chi connectivity index (χ1n) is 11.1. The highest BCUT2D eigenvalue weighted by Gasteiger charge is 2.26. The minimum absolute atomic E-state index is 0.160. The van der Waals surface area contributed by atoms with Crippen molar-refractivity contribution in [3.05, 3.63) is 76.7 Å². The summed E-state index contributed by atoms with van der Waals surface area (Å²) < 4.78 is 56.7. The summed E-state index contributed by atoms with van der Waals surface area (Å²) in [6, 6.07) is 5.35. The summed E-state index contributed by atoms with van der Waals surface area (Å²) in [4.78, 5) is 4.15. The van der Waals surface area contributed by atoms with Gasteiger partial charge in [-0.3, -0.25) is 4.55 Å². The van der Waals surface area contributed by atoms with Gasteiger partial charge in [-0.1, -0.05) is 51.2 Å². The average molecular weight is 527 g/mol. The first kappa shape index (κ1) is 29.0. The lowest BCUT2D eigenvalue weighted by molar-refractivity contribution is 0.483. The Bertz CT molecular complexity index is 1560. The number of sulfonamides is 1. The van der Waals surface area contributed by atoms with Crippen LogP contribution in [0.3, 0.4) is 0 Å². The van der Waals surface area contributed by atoms with Crippen molar-refractivity contribution in [3.8, 4) is 12.8 Å². The molecule has 3 N–H and O–H groups in total. The molecule has 0 radical (unpaired) electrons. The molecule has 2 aliphatic rings. The van der Waals surface area contributed by atoms with Crippen molar-refractivity contribution in [3.63, 3.8) is 0 Å². The highest BCUT2D eigenvalue weighted by Crippen LogP contribution is 2.36. The molecule has 0 atom stereocenters. The third kappa shape index (κ3) is 7.14. The fourth-order valence-corrected chi connectivity index (χ4v) is 4.59. The second-order valence-corrected chi connectivity index (χ2v) is 11.6. The average Bonchev–Trinajstić information content (AvgIpc) is 3.00. The molecule has 0 unspecified atom stereocenters. The third-order valence-electron chi connectivity index (χ3n) is 5.48. The molecular formula is C27H30N2O5S2. The van der Waals surface area contributed by atoms with E-state index in [-0.39, 0.29) is 16.2 Å². The number of hydrogen-bond donors (Lipinski definition) is 2. The first-order valence-corrected chi connectivity index (χ1v) is 14.1. The molecule has 0 fully saturated rings. The Morgan fingerprint density at radius 3 is 2.19 bits per heavy atom. The number of benzene rings is 2. The number of nitrogens with zero attached hydrogens (tertiary/aromatic N) is 1. The van der Waals surface area contributed by atoms with E-state index in [9.17, 15) is 21.4 Å². The predicted molar refractivity (Wildman–Crippen MR) is 145 cm³/mol. The van der Waals surface area contributed by atoms with Crippen LogP contribution in [0.4, 0.5) is 0 Å². The van der Waals surface area contributed by atoms with E-state index in [4.69, 9.17) is 5.14 Å². The van der Waals surface area contributed by atoms with Gasteiger partial charge < -0.3 is 0 Å². The van der Waals surface area contributed by atoms with E-state index >= 15 is 0 Å². The number of rotatable bonds is 4. The zero-order valence-electron chi connectivity index (χ0n) is 20.7. The van der Waals surface area contributed by atoms with Crippen LogP contribution in [0.1, 0.15) is 45.2 Å². The highest BCUT2D eigenvalue weighted by molar-refractivity contribution is 7.89. The number of terminal acetylenes is 1. The Kier molecular flexibility index (Phi) is 9.38. The monoisotopic (exact) mass is 526 g/mol. The first-order chi connectivity index (χ1) is 16.8. The normalized spacial score (nSPS) is 15.5. The quantitative estimate of drug-likeness (QED) is 0.332. The van der Waals surface area contributed by atoms with Crippen molar-refractivity contribution in [1.29, 1.82) is 0 Å². The lowest BCUT2D eigenvalue weighted by atomic mass is 10.1. The maximum absolute atomic E-state index is 12.0. The van der Waals surface area contributed by atoms with Gasteiger partial charge in [-0.15, -0.1) is 12.8 Å². The topological polar surface area (TPSA) is 127 Å². The highest BCUT2D eigenvalue weighted by atomic mass is 32.2. The van der Waals surface area contributed by atoms with Gasteiger partial charge >= 0.3 is 0 Å². The Morgan fingerprint density at radius 1 is 1.06 bits per heavy atom. The van der Waals surface area contributed by atoms with Gasteiger partial charge in [-0.25, -0.2) is 18.5 Å². The molecule has 2 aliphatic carbocycles. The molecule has 0 bridgehead atoms. The molecule has 0 amide bonds. The van der Waals surface area contributed by atoms with Crippen LogP contribution in [-0.4, -0.2) is 27.1 Å². The maximum Gasteiger partial charge on any atom is 0.294 e. The van der Waals surface area contributed by atoms with E-state index in [1.165, 1.54) is 30.7 Å². The van der Waals surface area contributed by atoms with Gasteiger partial charge in [0, 0.05) is 12.0 Å².